The molecule has 0 saturated carbocycles. The highest BCUT2D eigenvalue weighted by molar-refractivity contribution is 8.00. The summed E-state index contributed by atoms with van der Waals surface area (Å²) in [6.07, 6.45) is 0. The van der Waals surface area contributed by atoms with Gasteiger partial charge in [0.25, 0.3) is 0 Å². The maximum atomic E-state index is 12.4. The molecule has 0 aliphatic rings. The number of carbonyl (C=O) groups is 1. The van der Waals surface area contributed by atoms with Gasteiger partial charge in [0.2, 0.25) is 5.91 Å². The molecular formula is C18H19ClN4OS2. The highest BCUT2D eigenvalue weighted by atomic mass is 35.5. The minimum absolute atomic E-state index is 0.0572. The topological polar surface area (TPSA) is 59.8 Å². The molecule has 0 unspecified atom stereocenters. The number of aromatic nitrogens is 3. The van der Waals surface area contributed by atoms with E-state index in [4.69, 9.17) is 11.6 Å². The number of nitrogens with zero attached hydrogens (tertiary/aromatic N) is 3. The van der Waals surface area contributed by atoms with Crippen molar-refractivity contribution >= 4 is 40.6 Å². The van der Waals surface area contributed by atoms with Crippen LogP contribution in [0, 0.1) is 0 Å². The Hall–Kier alpha value is -1.83. The zero-order valence-electron chi connectivity index (χ0n) is 14.5. The third-order valence-corrected chi connectivity index (χ3v) is 6.15. The third kappa shape index (κ3) is 4.28. The van der Waals surface area contributed by atoms with Crippen molar-refractivity contribution in [2.24, 2.45) is 0 Å². The standard InChI is InChI=1S/C18H19ClN4OS2/c1-3-23-16(15-9-6-10-25-15)21-22-18(23)26-12(2)17(24)20-11-13-7-4-5-8-14(13)19/h4-10,12H,3,11H2,1-2H3,(H,20,24)/t12-/m1/s1. The van der Waals surface area contributed by atoms with E-state index in [1.807, 2.05) is 60.2 Å². The summed E-state index contributed by atoms with van der Waals surface area (Å²) in [5.41, 5.74) is 0.899. The number of hydrogen-bond acceptors (Lipinski definition) is 5. The lowest BCUT2D eigenvalue weighted by atomic mass is 10.2. The van der Waals surface area contributed by atoms with Gasteiger partial charge in [-0.25, -0.2) is 0 Å². The van der Waals surface area contributed by atoms with E-state index in [9.17, 15) is 4.79 Å². The van der Waals surface area contributed by atoms with Crippen LogP contribution in [0.2, 0.25) is 5.02 Å². The summed E-state index contributed by atoms with van der Waals surface area (Å²) in [7, 11) is 0. The molecule has 1 aromatic carbocycles. The SMILES string of the molecule is CCn1c(S[C@H](C)C(=O)NCc2ccccc2Cl)nnc1-c1cccs1. The molecule has 26 heavy (non-hydrogen) atoms. The van der Waals surface area contributed by atoms with Crippen LogP contribution in [0.4, 0.5) is 0 Å². The fourth-order valence-corrected chi connectivity index (χ4v) is 4.29. The first-order valence-corrected chi connectivity index (χ1v) is 10.4. The van der Waals surface area contributed by atoms with Gasteiger partial charge in [0.15, 0.2) is 11.0 Å². The molecule has 0 radical (unpaired) electrons. The Morgan fingerprint density at radius 3 is 2.81 bits per heavy atom. The zero-order valence-corrected chi connectivity index (χ0v) is 16.9. The number of benzene rings is 1. The largest absolute Gasteiger partial charge is 0.351 e. The average Bonchev–Trinajstić information content (AvgIpc) is 3.29. The molecule has 2 heterocycles. The molecular weight excluding hydrogens is 388 g/mol. The van der Waals surface area contributed by atoms with Crippen molar-refractivity contribution in [2.75, 3.05) is 0 Å². The van der Waals surface area contributed by atoms with Gasteiger partial charge in [0.1, 0.15) is 0 Å². The van der Waals surface area contributed by atoms with Gasteiger partial charge in [0.05, 0.1) is 10.1 Å². The minimum Gasteiger partial charge on any atom is -0.351 e. The second-order valence-corrected chi connectivity index (χ2v) is 8.26. The molecule has 0 bridgehead atoms. The summed E-state index contributed by atoms with van der Waals surface area (Å²) in [6.45, 7) is 5.07. The van der Waals surface area contributed by atoms with E-state index in [0.717, 1.165) is 28.0 Å². The molecule has 0 aliphatic carbocycles. The van der Waals surface area contributed by atoms with Gasteiger partial charge in [-0.15, -0.1) is 21.5 Å². The predicted molar refractivity (Wildman–Crippen MR) is 108 cm³/mol. The predicted octanol–water partition coefficient (Wildman–Crippen LogP) is 4.48. The van der Waals surface area contributed by atoms with E-state index in [1.54, 1.807) is 11.3 Å². The van der Waals surface area contributed by atoms with Crippen molar-refractivity contribution in [1.82, 2.24) is 20.1 Å². The molecule has 3 aromatic rings. The van der Waals surface area contributed by atoms with Crippen LogP contribution in [-0.4, -0.2) is 25.9 Å². The Bertz CT molecular complexity index is 879. The first kappa shape index (κ1) is 18.9. The smallest absolute Gasteiger partial charge is 0.233 e. The molecule has 3 rings (SSSR count). The maximum absolute atomic E-state index is 12.4. The van der Waals surface area contributed by atoms with E-state index in [2.05, 4.69) is 15.5 Å². The molecule has 1 amide bonds. The summed E-state index contributed by atoms with van der Waals surface area (Å²) < 4.78 is 2.04. The Labute approximate surface area is 165 Å². The van der Waals surface area contributed by atoms with Gasteiger partial charge in [-0.3, -0.25) is 4.79 Å². The van der Waals surface area contributed by atoms with Crippen LogP contribution in [0.15, 0.2) is 46.9 Å². The lowest BCUT2D eigenvalue weighted by Gasteiger charge is -2.13. The second kappa shape index (κ2) is 8.70. The Morgan fingerprint density at radius 2 is 2.12 bits per heavy atom. The molecule has 0 fully saturated rings. The van der Waals surface area contributed by atoms with Crippen LogP contribution in [0.1, 0.15) is 19.4 Å². The van der Waals surface area contributed by atoms with Gasteiger partial charge in [-0.2, -0.15) is 0 Å². The fourth-order valence-electron chi connectivity index (χ4n) is 2.43. The summed E-state index contributed by atoms with van der Waals surface area (Å²) in [5, 5.41) is 14.6. The van der Waals surface area contributed by atoms with Crippen LogP contribution in [0.3, 0.4) is 0 Å². The fraction of sp³-hybridized carbons (Fsp3) is 0.278. The summed E-state index contributed by atoms with van der Waals surface area (Å²) in [4.78, 5) is 13.5. The van der Waals surface area contributed by atoms with E-state index in [-0.39, 0.29) is 11.2 Å². The third-order valence-electron chi connectivity index (χ3n) is 3.84. The van der Waals surface area contributed by atoms with Crippen LogP contribution in [0.5, 0.6) is 0 Å². The Balaban J connectivity index is 1.65. The van der Waals surface area contributed by atoms with Crippen molar-refractivity contribution < 1.29 is 4.79 Å². The number of rotatable bonds is 7. The Morgan fingerprint density at radius 1 is 1.31 bits per heavy atom. The number of carbonyl (C=O) groups excluding carboxylic acids is 1. The number of thiophene rings is 1. The van der Waals surface area contributed by atoms with Crippen LogP contribution in [0.25, 0.3) is 10.7 Å². The number of thioether (sulfide) groups is 1. The van der Waals surface area contributed by atoms with Crippen molar-refractivity contribution in [3.05, 3.63) is 52.4 Å². The van der Waals surface area contributed by atoms with E-state index >= 15 is 0 Å². The van der Waals surface area contributed by atoms with Gasteiger partial charge < -0.3 is 9.88 Å². The molecule has 136 valence electrons. The van der Waals surface area contributed by atoms with Gasteiger partial charge in [-0.1, -0.05) is 47.6 Å². The van der Waals surface area contributed by atoms with E-state index in [0.29, 0.717) is 11.6 Å². The number of hydrogen-bond donors (Lipinski definition) is 1. The summed E-state index contributed by atoms with van der Waals surface area (Å²) in [5.74, 6) is 0.784. The van der Waals surface area contributed by atoms with Crippen molar-refractivity contribution in [1.29, 1.82) is 0 Å². The van der Waals surface area contributed by atoms with E-state index in [1.165, 1.54) is 11.8 Å². The number of nitrogens with one attached hydrogen (secondary N) is 1. The maximum Gasteiger partial charge on any atom is 0.233 e. The summed E-state index contributed by atoms with van der Waals surface area (Å²) in [6, 6.07) is 11.5. The average molecular weight is 407 g/mol. The molecule has 8 heteroatoms. The van der Waals surface area contributed by atoms with Crippen molar-refractivity contribution in [3.63, 3.8) is 0 Å². The van der Waals surface area contributed by atoms with E-state index < -0.39 is 0 Å². The second-order valence-electron chi connectivity index (χ2n) is 5.60. The van der Waals surface area contributed by atoms with Crippen molar-refractivity contribution in [3.8, 4) is 10.7 Å². The lowest BCUT2D eigenvalue weighted by Crippen LogP contribution is -2.30. The first-order valence-electron chi connectivity index (χ1n) is 8.25. The molecule has 0 spiro atoms. The quantitative estimate of drug-likeness (QED) is 0.588. The summed E-state index contributed by atoms with van der Waals surface area (Å²) >= 11 is 9.17. The van der Waals surface area contributed by atoms with Crippen molar-refractivity contribution in [2.45, 2.75) is 37.3 Å². The molecule has 0 saturated heterocycles. The highest BCUT2D eigenvalue weighted by Crippen LogP contribution is 2.29. The van der Waals surface area contributed by atoms with Crippen LogP contribution < -0.4 is 5.32 Å². The van der Waals surface area contributed by atoms with Crippen LogP contribution in [-0.2, 0) is 17.9 Å². The lowest BCUT2D eigenvalue weighted by molar-refractivity contribution is -0.120. The van der Waals surface area contributed by atoms with Gasteiger partial charge in [0, 0.05) is 18.1 Å². The number of halogens is 1. The molecule has 2 aromatic heterocycles. The molecule has 5 nitrogen and oxygen atoms in total. The van der Waals surface area contributed by atoms with Gasteiger partial charge in [-0.05, 0) is 36.9 Å². The normalized spacial score (nSPS) is 12.1. The van der Waals surface area contributed by atoms with Crippen LogP contribution >= 0.6 is 34.7 Å². The highest BCUT2D eigenvalue weighted by Gasteiger charge is 2.20. The Kier molecular flexibility index (Phi) is 6.34. The monoisotopic (exact) mass is 406 g/mol. The minimum atomic E-state index is -0.289. The molecule has 1 atom stereocenters. The molecule has 0 aliphatic heterocycles. The first-order chi connectivity index (χ1) is 12.6. The number of amides is 1. The molecule has 1 N–H and O–H groups in total. The van der Waals surface area contributed by atoms with Gasteiger partial charge >= 0.3 is 0 Å². The zero-order chi connectivity index (χ0) is 18.5.